The number of fused-ring (bicyclic) bond motifs is 1. The van der Waals surface area contributed by atoms with Crippen molar-refractivity contribution in [3.63, 3.8) is 0 Å². The Morgan fingerprint density at radius 2 is 1.91 bits per heavy atom. The lowest BCUT2D eigenvalue weighted by Crippen LogP contribution is -2.68. The Labute approximate surface area is 125 Å². The van der Waals surface area contributed by atoms with Crippen molar-refractivity contribution in [2.75, 3.05) is 6.61 Å². The summed E-state index contributed by atoms with van der Waals surface area (Å²) in [6.07, 6.45) is 3.44. The van der Waals surface area contributed by atoms with Gasteiger partial charge in [0.05, 0.1) is 12.2 Å². The van der Waals surface area contributed by atoms with Gasteiger partial charge in [-0.05, 0) is 49.4 Å². The van der Waals surface area contributed by atoms with Crippen LogP contribution in [-0.4, -0.2) is 41.5 Å². The zero-order valence-corrected chi connectivity index (χ0v) is 12.4. The van der Waals surface area contributed by atoms with Crippen LogP contribution in [0.1, 0.15) is 32.1 Å². The number of hydrogen-bond donors (Lipinski definition) is 2. The molecular formula is C13H16F2O6S. The topological polar surface area (TPSA) is 101 Å². The van der Waals surface area contributed by atoms with Gasteiger partial charge in [-0.3, -0.25) is 4.55 Å². The first-order chi connectivity index (χ1) is 9.96. The van der Waals surface area contributed by atoms with Crippen LogP contribution in [0.4, 0.5) is 8.78 Å². The SMILES string of the molecule is O=C(OCC12CC3CC4CC(O)(C1)CC432)C(F)(F)S(=O)(=O)O. The maximum Gasteiger partial charge on any atom is 0.465 e. The molecule has 4 aliphatic carbocycles. The van der Waals surface area contributed by atoms with Crippen molar-refractivity contribution in [3.05, 3.63) is 0 Å². The summed E-state index contributed by atoms with van der Waals surface area (Å²) in [5.41, 5.74) is -1.46. The predicted molar refractivity (Wildman–Crippen MR) is 67.3 cm³/mol. The summed E-state index contributed by atoms with van der Waals surface area (Å²) in [7, 11) is -5.85. The van der Waals surface area contributed by atoms with E-state index in [1.54, 1.807) is 0 Å². The number of hydrogen-bond acceptors (Lipinski definition) is 5. The summed E-state index contributed by atoms with van der Waals surface area (Å²) in [6.45, 7) is -0.327. The first-order valence-electron chi connectivity index (χ1n) is 7.20. The highest BCUT2D eigenvalue weighted by Crippen LogP contribution is 2.87. The van der Waals surface area contributed by atoms with Crippen LogP contribution in [0.5, 0.6) is 0 Å². The van der Waals surface area contributed by atoms with Crippen LogP contribution in [0.15, 0.2) is 0 Å². The molecule has 0 amide bonds. The molecule has 4 rings (SSSR count). The lowest BCUT2D eigenvalue weighted by atomic mass is 9.32. The first-order valence-corrected chi connectivity index (χ1v) is 8.64. The molecular weight excluding hydrogens is 322 g/mol. The van der Waals surface area contributed by atoms with E-state index in [4.69, 9.17) is 4.55 Å². The van der Waals surface area contributed by atoms with E-state index in [9.17, 15) is 27.1 Å². The number of carbonyl (C=O) groups is 1. The Bertz CT molecular complexity index is 678. The second-order valence-corrected chi connectivity index (χ2v) is 8.97. The van der Waals surface area contributed by atoms with Crippen LogP contribution >= 0.6 is 0 Å². The van der Waals surface area contributed by atoms with Crippen LogP contribution < -0.4 is 0 Å². The highest BCUT2D eigenvalue weighted by molar-refractivity contribution is 7.87. The van der Waals surface area contributed by atoms with Crippen molar-refractivity contribution in [2.45, 2.75) is 43.0 Å². The van der Waals surface area contributed by atoms with E-state index < -0.39 is 32.4 Å². The van der Waals surface area contributed by atoms with E-state index in [1.165, 1.54) is 0 Å². The molecule has 0 aromatic heterocycles. The van der Waals surface area contributed by atoms with E-state index in [1.807, 2.05) is 0 Å². The molecule has 6 nitrogen and oxygen atoms in total. The predicted octanol–water partition coefficient (Wildman–Crippen LogP) is 0.951. The minimum absolute atomic E-state index is 0.130. The van der Waals surface area contributed by atoms with Crippen LogP contribution in [0.2, 0.25) is 0 Å². The van der Waals surface area contributed by atoms with Gasteiger partial charge in [-0.25, -0.2) is 4.79 Å². The van der Waals surface area contributed by atoms with Crippen molar-refractivity contribution >= 4 is 16.1 Å². The Balaban J connectivity index is 1.51. The summed E-state index contributed by atoms with van der Waals surface area (Å²) in [4.78, 5) is 11.3. The number of aliphatic hydroxyl groups is 1. The van der Waals surface area contributed by atoms with Crippen LogP contribution in [0.3, 0.4) is 0 Å². The fraction of sp³-hybridized carbons (Fsp3) is 0.923. The average molecular weight is 338 g/mol. The van der Waals surface area contributed by atoms with Gasteiger partial charge < -0.3 is 9.84 Å². The number of rotatable bonds is 4. The molecule has 1 spiro atoms. The van der Waals surface area contributed by atoms with Gasteiger partial charge in [0.2, 0.25) is 0 Å². The molecule has 0 saturated heterocycles. The van der Waals surface area contributed by atoms with Crippen molar-refractivity contribution in [2.24, 2.45) is 22.7 Å². The van der Waals surface area contributed by atoms with Crippen LogP contribution in [-0.2, 0) is 19.6 Å². The van der Waals surface area contributed by atoms with Crippen LogP contribution in [0, 0.1) is 22.7 Å². The Hall–Kier alpha value is -0.800. The summed E-state index contributed by atoms with van der Waals surface area (Å²) in [5.74, 6) is -1.48. The van der Waals surface area contributed by atoms with Gasteiger partial charge in [0, 0.05) is 5.41 Å². The monoisotopic (exact) mass is 338 g/mol. The normalized spacial score (nSPS) is 48.4. The summed E-state index contributed by atoms with van der Waals surface area (Å²) >= 11 is 0. The second-order valence-electron chi connectivity index (χ2n) is 7.50. The Morgan fingerprint density at radius 3 is 2.45 bits per heavy atom. The molecule has 4 aliphatic rings. The first kappa shape index (κ1) is 14.8. The molecule has 2 bridgehead atoms. The number of ether oxygens (including phenoxy) is 1. The molecule has 2 N–H and O–H groups in total. The maximum absolute atomic E-state index is 13.2. The fourth-order valence-corrected chi connectivity index (χ4v) is 6.32. The molecule has 9 heteroatoms. The van der Waals surface area contributed by atoms with Gasteiger partial charge in [-0.1, -0.05) is 0 Å². The lowest BCUT2D eigenvalue weighted by Gasteiger charge is -2.72. The standard InChI is InChI=1S/C13H16F2O6S/c14-13(15,22(18,19)20)9(16)21-6-10-2-7-1-8-3-11(17,4-10)5-12(7,8)10/h7-8,17H,1-6H2,(H,18,19,20). The van der Waals surface area contributed by atoms with Gasteiger partial charge >= 0.3 is 21.3 Å². The van der Waals surface area contributed by atoms with E-state index >= 15 is 0 Å². The van der Waals surface area contributed by atoms with E-state index in [2.05, 4.69) is 4.74 Å². The highest BCUT2D eigenvalue weighted by atomic mass is 32.2. The molecule has 5 atom stereocenters. The third-order valence-corrected chi connectivity index (χ3v) is 7.42. The summed E-state index contributed by atoms with van der Waals surface area (Å²) in [5, 5.41) is 5.55. The van der Waals surface area contributed by atoms with Crippen LogP contribution in [0.25, 0.3) is 0 Å². The lowest BCUT2D eigenvalue weighted by molar-refractivity contribution is -0.266. The zero-order chi connectivity index (χ0) is 16.2. The highest BCUT2D eigenvalue weighted by Gasteiger charge is 2.84. The van der Waals surface area contributed by atoms with Gasteiger partial charge in [0.1, 0.15) is 0 Å². The minimum atomic E-state index is -5.85. The maximum atomic E-state index is 13.2. The van der Waals surface area contributed by atoms with Gasteiger partial charge in [-0.2, -0.15) is 17.2 Å². The third kappa shape index (κ3) is 1.41. The molecule has 124 valence electrons. The number of esters is 1. The van der Waals surface area contributed by atoms with Crippen molar-refractivity contribution < 1.29 is 36.4 Å². The van der Waals surface area contributed by atoms with Gasteiger partial charge in [0.15, 0.2) is 0 Å². The van der Waals surface area contributed by atoms with Crippen molar-refractivity contribution in [3.8, 4) is 0 Å². The van der Waals surface area contributed by atoms with Gasteiger partial charge in [-0.15, -0.1) is 0 Å². The molecule has 0 radical (unpaired) electrons. The van der Waals surface area contributed by atoms with Crippen molar-refractivity contribution in [1.29, 1.82) is 0 Å². The molecule has 0 aromatic carbocycles. The average Bonchev–Trinajstić information content (AvgIpc) is 2.77. The molecule has 0 aliphatic heterocycles. The number of alkyl halides is 2. The largest absolute Gasteiger partial charge is 0.465 e. The molecule has 5 unspecified atom stereocenters. The number of carbonyl (C=O) groups excluding carboxylic acids is 1. The quantitative estimate of drug-likeness (QED) is 0.585. The van der Waals surface area contributed by atoms with E-state index in [-0.39, 0.29) is 12.0 Å². The Morgan fingerprint density at radius 1 is 1.27 bits per heavy atom. The zero-order valence-electron chi connectivity index (χ0n) is 11.6. The summed E-state index contributed by atoms with van der Waals surface area (Å²) in [6, 6.07) is 0. The van der Waals surface area contributed by atoms with E-state index in [0.717, 1.165) is 6.42 Å². The number of halogens is 2. The van der Waals surface area contributed by atoms with E-state index in [0.29, 0.717) is 37.5 Å². The van der Waals surface area contributed by atoms with Gasteiger partial charge in [0.25, 0.3) is 0 Å². The third-order valence-electron chi connectivity index (χ3n) is 6.61. The van der Waals surface area contributed by atoms with Crippen molar-refractivity contribution in [1.82, 2.24) is 0 Å². The molecule has 4 fully saturated rings. The summed E-state index contributed by atoms with van der Waals surface area (Å²) < 4.78 is 60.5. The smallest absolute Gasteiger partial charge is 0.460 e. The second kappa shape index (κ2) is 3.64. The molecule has 0 heterocycles. The molecule has 4 saturated carbocycles. The minimum Gasteiger partial charge on any atom is -0.460 e. The Kier molecular flexibility index (Phi) is 2.45. The fourth-order valence-electron chi connectivity index (χ4n) is 6.05. The molecule has 22 heavy (non-hydrogen) atoms. The molecule has 0 aromatic rings.